The second-order valence-corrected chi connectivity index (χ2v) is 6.08. The minimum atomic E-state index is -0.570. The Morgan fingerprint density at radius 3 is 2.23 bits per heavy atom. The summed E-state index contributed by atoms with van der Waals surface area (Å²) >= 11 is 0. The Labute approximate surface area is 131 Å². The van der Waals surface area contributed by atoms with E-state index >= 15 is 0 Å². The van der Waals surface area contributed by atoms with Crippen LogP contribution in [0.15, 0.2) is 66.7 Å². The number of benzene rings is 2. The fourth-order valence-corrected chi connectivity index (χ4v) is 3.27. The molecular weight excluding hydrogens is 272 g/mol. The Kier molecular flexibility index (Phi) is 3.61. The van der Waals surface area contributed by atoms with E-state index in [-0.39, 0.29) is 11.4 Å². The molecule has 2 nitrogen and oxygen atoms in total. The van der Waals surface area contributed by atoms with E-state index in [1.54, 1.807) is 0 Å². The predicted molar refractivity (Wildman–Crippen MR) is 88.3 cm³/mol. The highest BCUT2D eigenvalue weighted by Crippen LogP contribution is 2.66. The van der Waals surface area contributed by atoms with Crippen molar-refractivity contribution in [1.82, 2.24) is 0 Å². The molecule has 0 heterocycles. The van der Waals surface area contributed by atoms with Crippen LogP contribution in [-0.4, -0.2) is 13.1 Å². The van der Waals surface area contributed by atoms with Crippen molar-refractivity contribution in [2.24, 2.45) is 5.41 Å². The second-order valence-electron chi connectivity index (χ2n) is 6.08. The van der Waals surface area contributed by atoms with Crippen LogP contribution in [0.5, 0.6) is 0 Å². The van der Waals surface area contributed by atoms with Gasteiger partial charge in [-0.05, 0) is 17.5 Å². The van der Waals surface area contributed by atoms with Crippen LogP contribution >= 0.6 is 0 Å². The summed E-state index contributed by atoms with van der Waals surface area (Å²) in [6.45, 7) is 2.13. The minimum Gasteiger partial charge on any atom is -0.468 e. The average molecular weight is 292 g/mol. The number of carbonyl (C=O) groups is 1. The van der Waals surface area contributed by atoms with Gasteiger partial charge in [0.25, 0.3) is 0 Å². The number of hydrogen-bond acceptors (Lipinski definition) is 2. The number of carbonyl (C=O) groups excluding carboxylic acids is 1. The van der Waals surface area contributed by atoms with Crippen molar-refractivity contribution >= 4 is 12.0 Å². The Bertz CT molecular complexity index is 690. The van der Waals surface area contributed by atoms with E-state index in [1.165, 1.54) is 12.7 Å². The van der Waals surface area contributed by atoms with Crippen LogP contribution in [0.25, 0.3) is 6.08 Å². The summed E-state index contributed by atoms with van der Waals surface area (Å²) in [5.41, 5.74) is 1.50. The molecule has 2 aromatic carbocycles. The van der Waals surface area contributed by atoms with E-state index in [2.05, 4.69) is 19.1 Å². The monoisotopic (exact) mass is 292 g/mol. The quantitative estimate of drug-likeness (QED) is 0.789. The molecule has 0 unspecified atom stereocenters. The van der Waals surface area contributed by atoms with Crippen LogP contribution < -0.4 is 0 Å². The van der Waals surface area contributed by atoms with Gasteiger partial charge in [-0.1, -0.05) is 79.7 Å². The summed E-state index contributed by atoms with van der Waals surface area (Å²) in [6.07, 6.45) is 4.81. The third-order valence-electron chi connectivity index (χ3n) is 4.81. The fourth-order valence-electron chi connectivity index (χ4n) is 3.27. The molecule has 0 N–H and O–H groups in total. The van der Waals surface area contributed by atoms with Crippen LogP contribution in [0, 0.1) is 5.41 Å². The predicted octanol–water partition coefficient (Wildman–Crippen LogP) is 4.22. The summed E-state index contributed by atoms with van der Waals surface area (Å²) in [5.74, 6) is -0.161. The minimum absolute atomic E-state index is 0.161. The fraction of sp³-hybridized carbons (Fsp3) is 0.250. The zero-order valence-corrected chi connectivity index (χ0v) is 13.0. The molecule has 1 fully saturated rings. The summed E-state index contributed by atoms with van der Waals surface area (Å²) in [4.78, 5) is 12.4. The lowest BCUT2D eigenvalue weighted by molar-refractivity contribution is -0.145. The van der Waals surface area contributed by atoms with E-state index in [0.29, 0.717) is 0 Å². The normalized spacial score (nSPS) is 26.8. The number of rotatable bonds is 4. The number of hydrogen-bond donors (Lipinski definition) is 0. The van der Waals surface area contributed by atoms with Crippen LogP contribution in [0.2, 0.25) is 0 Å². The maximum absolute atomic E-state index is 12.4. The largest absolute Gasteiger partial charge is 0.468 e. The molecule has 0 amide bonds. The number of ether oxygens (including phenoxy) is 1. The molecule has 22 heavy (non-hydrogen) atoms. The van der Waals surface area contributed by atoms with E-state index in [0.717, 1.165) is 12.0 Å². The summed E-state index contributed by atoms with van der Waals surface area (Å²) in [7, 11) is 1.46. The summed E-state index contributed by atoms with van der Waals surface area (Å²) < 4.78 is 5.09. The second kappa shape index (κ2) is 5.45. The van der Waals surface area contributed by atoms with Crippen molar-refractivity contribution < 1.29 is 9.53 Å². The van der Waals surface area contributed by atoms with Gasteiger partial charge >= 0.3 is 5.97 Å². The molecule has 0 aliphatic heterocycles. The lowest BCUT2D eigenvalue weighted by atomic mass is 9.87. The van der Waals surface area contributed by atoms with Crippen LogP contribution in [-0.2, 0) is 14.9 Å². The van der Waals surface area contributed by atoms with Crippen LogP contribution in [0.1, 0.15) is 24.5 Å². The molecular formula is C20H20O2. The van der Waals surface area contributed by atoms with Gasteiger partial charge in [-0.15, -0.1) is 0 Å². The van der Waals surface area contributed by atoms with Gasteiger partial charge in [0.05, 0.1) is 12.5 Å². The molecule has 2 aromatic rings. The van der Waals surface area contributed by atoms with Crippen molar-refractivity contribution in [3.63, 3.8) is 0 Å². The Balaban J connectivity index is 1.96. The van der Waals surface area contributed by atoms with Crippen molar-refractivity contribution in [2.45, 2.75) is 18.8 Å². The molecule has 0 saturated heterocycles. The smallest absolute Gasteiger partial charge is 0.316 e. The van der Waals surface area contributed by atoms with Crippen molar-refractivity contribution in [1.29, 1.82) is 0 Å². The molecule has 112 valence electrons. The zero-order chi connectivity index (χ0) is 15.6. The standard InChI is InChI=1S/C20H20O2/c1-19(17-11-7-4-8-12-17)15-20(19,18(21)22-2)14-13-16-9-5-3-6-10-16/h3-14H,15H2,1-2H3/b14-13+/t19-,20-/m1/s1. The molecule has 1 saturated carbocycles. The Morgan fingerprint density at radius 1 is 1.05 bits per heavy atom. The topological polar surface area (TPSA) is 26.3 Å². The van der Waals surface area contributed by atoms with Crippen molar-refractivity contribution in [3.05, 3.63) is 77.9 Å². The van der Waals surface area contributed by atoms with Crippen LogP contribution in [0.3, 0.4) is 0 Å². The highest BCUT2D eigenvalue weighted by atomic mass is 16.5. The van der Waals surface area contributed by atoms with E-state index < -0.39 is 5.41 Å². The van der Waals surface area contributed by atoms with Crippen molar-refractivity contribution in [3.8, 4) is 0 Å². The maximum Gasteiger partial charge on any atom is 0.316 e. The van der Waals surface area contributed by atoms with E-state index in [9.17, 15) is 4.79 Å². The lowest BCUT2D eigenvalue weighted by Gasteiger charge is -2.18. The molecule has 0 radical (unpaired) electrons. The van der Waals surface area contributed by atoms with Gasteiger partial charge in [0.15, 0.2) is 0 Å². The molecule has 2 atom stereocenters. The molecule has 0 spiro atoms. The van der Waals surface area contributed by atoms with E-state index in [1.807, 2.05) is 60.7 Å². The number of esters is 1. The first-order valence-electron chi connectivity index (χ1n) is 7.51. The van der Waals surface area contributed by atoms with Gasteiger partial charge < -0.3 is 4.74 Å². The first-order chi connectivity index (χ1) is 10.6. The molecule has 0 aromatic heterocycles. The molecule has 1 aliphatic carbocycles. The summed E-state index contributed by atoms with van der Waals surface area (Å²) in [5, 5.41) is 0. The average Bonchev–Trinajstić information content (AvgIpc) is 3.21. The molecule has 0 bridgehead atoms. The molecule has 3 rings (SSSR count). The first-order valence-corrected chi connectivity index (χ1v) is 7.51. The first kappa shape index (κ1) is 14.6. The van der Waals surface area contributed by atoms with Gasteiger partial charge in [-0.25, -0.2) is 0 Å². The van der Waals surface area contributed by atoms with Gasteiger partial charge in [-0.3, -0.25) is 4.79 Å². The summed E-state index contributed by atoms with van der Waals surface area (Å²) in [6, 6.07) is 20.2. The van der Waals surface area contributed by atoms with Gasteiger partial charge in [0, 0.05) is 5.41 Å². The number of methoxy groups -OCH3 is 1. The lowest BCUT2D eigenvalue weighted by Crippen LogP contribution is -2.24. The SMILES string of the molecule is COC(=O)[C@@]1(/C=C/c2ccccc2)C[C@]1(C)c1ccccc1. The maximum atomic E-state index is 12.4. The third kappa shape index (κ3) is 2.25. The highest BCUT2D eigenvalue weighted by Gasteiger charge is 2.69. The van der Waals surface area contributed by atoms with E-state index in [4.69, 9.17) is 4.74 Å². The zero-order valence-electron chi connectivity index (χ0n) is 13.0. The third-order valence-corrected chi connectivity index (χ3v) is 4.81. The Morgan fingerprint density at radius 2 is 1.64 bits per heavy atom. The Hall–Kier alpha value is -2.35. The van der Waals surface area contributed by atoms with Crippen LogP contribution in [0.4, 0.5) is 0 Å². The van der Waals surface area contributed by atoms with Gasteiger partial charge in [0.1, 0.15) is 0 Å². The molecule has 2 heteroatoms. The van der Waals surface area contributed by atoms with Gasteiger partial charge in [-0.2, -0.15) is 0 Å². The van der Waals surface area contributed by atoms with Gasteiger partial charge in [0.2, 0.25) is 0 Å². The van der Waals surface area contributed by atoms with Crippen molar-refractivity contribution in [2.75, 3.05) is 7.11 Å². The molecule has 1 aliphatic rings. The highest BCUT2D eigenvalue weighted by molar-refractivity contribution is 5.87.